The van der Waals surface area contributed by atoms with Gasteiger partial charge in [-0.15, -0.1) is 0 Å². The van der Waals surface area contributed by atoms with Crippen molar-refractivity contribution in [3.8, 4) is 5.75 Å². The topological polar surface area (TPSA) is 37.6 Å². The number of benzene rings is 1. The first-order valence-corrected chi connectivity index (χ1v) is 6.25. The van der Waals surface area contributed by atoms with E-state index in [1.54, 1.807) is 19.6 Å². The van der Waals surface area contributed by atoms with E-state index >= 15 is 0 Å². The van der Waals surface area contributed by atoms with E-state index in [0.29, 0.717) is 0 Å². The fourth-order valence-electron chi connectivity index (χ4n) is 1.95. The second-order valence-electron chi connectivity index (χ2n) is 4.76. The first-order valence-electron chi connectivity index (χ1n) is 6.25. The highest BCUT2D eigenvalue weighted by molar-refractivity contribution is 5.58. The highest BCUT2D eigenvalue weighted by Crippen LogP contribution is 2.26. The van der Waals surface area contributed by atoms with E-state index < -0.39 is 0 Å². The van der Waals surface area contributed by atoms with Crippen molar-refractivity contribution >= 4 is 5.69 Å². The highest BCUT2D eigenvalue weighted by atomic mass is 16.5. The first-order chi connectivity index (χ1) is 9.19. The summed E-state index contributed by atoms with van der Waals surface area (Å²) < 4.78 is 10.4. The Labute approximate surface area is 114 Å². The first kappa shape index (κ1) is 13.5. The molecule has 2 aromatic rings. The maximum absolute atomic E-state index is 5.38. The van der Waals surface area contributed by atoms with E-state index in [9.17, 15) is 0 Å². The lowest BCUT2D eigenvalue weighted by molar-refractivity contribution is 0.400. The van der Waals surface area contributed by atoms with Gasteiger partial charge in [0, 0.05) is 18.7 Å². The molecule has 2 rings (SSSR count). The molecule has 0 fully saturated rings. The minimum Gasteiger partial charge on any atom is -0.495 e. The van der Waals surface area contributed by atoms with Crippen LogP contribution in [0.2, 0.25) is 0 Å². The van der Waals surface area contributed by atoms with Crippen molar-refractivity contribution < 1.29 is 9.15 Å². The van der Waals surface area contributed by atoms with Gasteiger partial charge in [0.05, 0.1) is 25.3 Å². The molecule has 102 valence electrons. The number of ether oxygens (including phenoxy) is 1. The lowest BCUT2D eigenvalue weighted by Gasteiger charge is -2.14. The summed E-state index contributed by atoms with van der Waals surface area (Å²) in [6.07, 6.45) is 3.42. The molecule has 0 bridgehead atoms. The lowest BCUT2D eigenvalue weighted by Crippen LogP contribution is -2.11. The Morgan fingerprint density at radius 1 is 1.21 bits per heavy atom. The molecule has 0 aliphatic carbocycles. The van der Waals surface area contributed by atoms with Crippen LogP contribution in [0.25, 0.3) is 0 Å². The van der Waals surface area contributed by atoms with Gasteiger partial charge in [0.25, 0.3) is 0 Å². The third-order valence-electron chi connectivity index (χ3n) is 2.83. The summed E-state index contributed by atoms with van der Waals surface area (Å²) in [5.41, 5.74) is 3.36. The number of methoxy groups -OCH3 is 1. The largest absolute Gasteiger partial charge is 0.495 e. The Kier molecular flexibility index (Phi) is 4.47. The quantitative estimate of drug-likeness (QED) is 0.866. The second-order valence-corrected chi connectivity index (χ2v) is 4.76. The highest BCUT2D eigenvalue weighted by Gasteiger charge is 2.05. The van der Waals surface area contributed by atoms with E-state index in [1.807, 2.05) is 12.1 Å². The van der Waals surface area contributed by atoms with Crippen LogP contribution in [0.4, 0.5) is 5.69 Å². The molecular formula is C15H20N2O2. The number of nitrogens with zero attached hydrogens (tertiary/aromatic N) is 1. The van der Waals surface area contributed by atoms with Gasteiger partial charge in [-0.1, -0.05) is 6.07 Å². The summed E-state index contributed by atoms with van der Waals surface area (Å²) in [5.74, 6) is 0.853. The van der Waals surface area contributed by atoms with Gasteiger partial charge < -0.3 is 19.4 Å². The van der Waals surface area contributed by atoms with Crippen molar-refractivity contribution in [3.63, 3.8) is 0 Å². The third kappa shape index (κ3) is 3.76. The maximum atomic E-state index is 5.38. The fourth-order valence-corrected chi connectivity index (χ4v) is 1.95. The Morgan fingerprint density at radius 2 is 2.05 bits per heavy atom. The molecule has 0 unspecified atom stereocenters. The van der Waals surface area contributed by atoms with Gasteiger partial charge in [-0.2, -0.15) is 0 Å². The Morgan fingerprint density at radius 3 is 2.68 bits per heavy atom. The summed E-state index contributed by atoms with van der Waals surface area (Å²) in [7, 11) is 5.80. The zero-order chi connectivity index (χ0) is 13.7. The van der Waals surface area contributed by atoms with E-state index in [1.165, 1.54) is 5.56 Å². The van der Waals surface area contributed by atoms with Crippen LogP contribution >= 0.6 is 0 Å². The van der Waals surface area contributed by atoms with Crippen LogP contribution in [-0.4, -0.2) is 26.1 Å². The molecule has 0 aliphatic rings. The second kappa shape index (κ2) is 6.29. The van der Waals surface area contributed by atoms with E-state index in [0.717, 1.165) is 30.1 Å². The SMILES string of the molecule is COc1ccc(CN(C)C)cc1NCc1ccoc1. The standard InChI is InChI=1S/C15H20N2O2/c1-17(2)10-12-4-5-15(18-3)14(8-12)16-9-13-6-7-19-11-13/h4-8,11,16H,9-10H2,1-3H3. The summed E-state index contributed by atoms with van der Waals surface area (Å²) in [6, 6.07) is 8.15. The van der Waals surface area contributed by atoms with Crippen LogP contribution < -0.4 is 10.1 Å². The summed E-state index contributed by atoms with van der Waals surface area (Å²) in [6.45, 7) is 1.63. The molecule has 4 heteroatoms. The summed E-state index contributed by atoms with van der Waals surface area (Å²) in [5, 5.41) is 3.38. The van der Waals surface area contributed by atoms with Crippen LogP contribution in [0, 0.1) is 0 Å². The number of hydrogen-bond donors (Lipinski definition) is 1. The molecule has 0 spiro atoms. The van der Waals surface area contributed by atoms with Gasteiger partial charge in [0.2, 0.25) is 0 Å². The van der Waals surface area contributed by atoms with Crippen molar-refractivity contribution in [2.24, 2.45) is 0 Å². The van der Waals surface area contributed by atoms with Gasteiger partial charge in [0.15, 0.2) is 0 Å². The maximum Gasteiger partial charge on any atom is 0.141 e. The molecule has 0 radical (unpaired) electrons. The molecule has 0 atom stereocenters. The number of furan rings is 1. The van der Waals surface area contributed by atoms with Gasteiger partial charge >= 0.3 is 0 Å². The van der Waals surface area contributed by atoms with Gasteiger partial charge in [-0.25, -0.2) is 0 Å². The molecule has 19 heavy (non-hydrogen) atoms. The van der Waals surface area contributed by atoms with Crippen LogP contribution in [-0.2, 0) is 13.1 Å². The predicted octanol–water partition coefficient (Wildman–Crippen LogP) is 2.96. The molecule has 1 aromatic heterocycles. The van der Waals surface area contributed by atoms with Crippen molar-refractivity contribution in [3.05, 3.63) is 47.9 Å². The Hall–Kier alpha value is -1.94. The normalized spacial score (nSPS) is 10.7. The van der Waals surface area contributed by atoms with E-state index in [4.69, 9.17) is 9.15 Å². The zero-order valence-corrected chi connectivity index (χ0v) is 11.6. The zero-order valence-electron chi connectivity index (χ0n) is 11.6. The number of nitrogens with one attached hydrogen (secondary N) is 1. The van der Waals surface area contributed by atoms with Crippen molar-refractivity contribution in [1.29, 1.82) is 0 Å². The van der Waals surface area contributed by atoms with Gasteiger partial charge in [-0.05, 0) is 37.9 Å². The molecule has 0 amide bonds. The third-order valence-corrected chi connectivity index (χ3v) is 2.83. The minimum atomic E-state index is 0.721. The van der Waals surface area contributed by atoms with Crippen LogP contribution in [0.5, 0.6) is 5.75 Å². The Balaban J connectivity index is 2.11. The molecule has 0 saturated carbocycles. The van der Waals surface area contributed by atoms with E-state index in [2.05, 4.69) is 36.4 Å². The summed E-state index contributed by atoms with van der Waals surface area (Å²) in [4.78, 5) is 2.14. The molecule has 1 heterocycles. The molecule has 0 aliphatic heterocycles. The average Bonchev–Trinajstić information content (AvgIpc) is 2.89. The van der Waals surface area contributed by atoms with Crippen molar-refractivity contribution in [2.75, 3.05) is 26.5 Å². The van der Waals surface area contributed by atoms with E-state index in [-0.39, 0.29) is 0 Å². The van der Waals surface area contributed by atoms with Crippen molar-refractivity contribution in [1.82, 2.24) is 4.90 Å². The number of hydrogen-bond acceptors (Lipinski definition) is 4. The lowest BCUT2D eigenvalue weighted by atomic mass is 10.1. The number of anilines is 1. The minimum absolute atomic E-state index is 0.721. The van der Waals surface area contributed by atoms with Gasteiger partial charge in [-0.3, -0.25) is 0 Å². The molecule has 1 aromatic carbocycles. The fraction of sp³-hybridized carbons (Fsp3) is 0.333. The van der Waals surface area contributed by atoms with Crippen LogP contribution in [0.3, 0.4) is 0 Å². The molecule has 4 nitrogen and oxygen atoms in total. The predicted molar refractivity (Wildman–Crippen MR) is 76.4 cm³/mol. The number of rotatable bonds is 6. The molecule has 0 saturated heterocycles. The monoisotopic (exact) mass is 260 g/mol. The molecule has 1 N–H and O–H groups in total. The average molecular weight is 260 g/mol. The Bertz CT molecular complexity index is 507. The van der Waals surface area contributed by atoms with Crippen molar-refractivity contribution in [2.45, 2.75) is 13.1 Å². The summed E-state index contributed by atoms with van der Waals surface area (Å²) >= 11 is 0. The van der Waals surface area contributed by atoms with Crippen LogP contribution in [0.15, 0.2) is 41.2 Å². The van der Waals surface area contributed by atoms with Crippen LogP contribution in [0.1, 0.15) is 11.1 Å². The van der Waals surface area contributed by atoms with Gasteiger partial charge in [0.1, 0.15) is 5.75 Å². The smallest absolute Gasteiger partial charge is 0.141 e. The molecular weight excluding hydrogens is 240 g/mol.